The van der Waals surface area contributed by atoms with Crippen LogP contribution in [0.1, 0.15) is 16.1 Å². The van der Waals surface area contributed by atoms with Gasteiger partial charge in [-0.2, -0.15) is 0 Å². The second-order valence-electron chi connectivity index (χ2n) is 4.05. The van der Waals surface area contributed by atoms with Gasteiger partial charge in [0, 0.05) is 11.0 Å². The SMILES string of the molecule is Cc1cccc(NC(=O)c2cn(CCN)nn2)c1Br. The van der Waals surface area contributed by atoms with Crippen molar-refractivity contribution in [3.63, 3.8) is 0 Å². The number of halogens is 1. The number of nitrogens with two attached hydrogens (primary N) is 1. The van der Waals surface area contributed by atoms with E-state index in [0.717, 1.165) is 10.0 Å². The minimum absolute atomic E-state index is 0.266. The Morgan fingerprint density at radius 3 is 3.05 bits per heavy atom. The second kappa shape index (κ2) is 5.94. The zero-order valence-corrected chi connectivity index (χ0v) is 12.0. The molecule has 0 saturated heterocycles. The maximum Gasteiger partial charge on any atom is 0.277 e. The summed E-state index contributed by atoms with van der Waals surface area (Å²) in [5.41, 5.74) is 7.43. The first-order chi connectivity index (χ1) is 9.11. The van der Waals surface area contributed by atoms with Crippen LogP contribution < -0.4 is 11.1 Å². The highest BCUT2D eigenvalue weighted by molar-refractivity contribution is 9.10. The highest BCUT2D eigenvalue weighted by atomic mass is 79.9. The van der Waals surface area contributed by atoms with E-state index >= 15 is 0 Å². The van der Waals surface area contributed by atoms with E-state index in [4.69, 9.17) is 5.73 Å². The number of rotatable bonds is 4. The molecule has 7 heteroatoms. The average Bonchev–Trinajstić information content (AvgIpc) is 2.84. The summed E-state index contributed by atoms with van der Waals surface area (Å²) in [7, 11) is 0. The van der Waals surface area contributed by atoms with Crippen LogP contribution in [-0.2, 0) is 6.54 Å². The summed E-state index contributed by atoms with van der Waals surface area (Å²) in [6.07, 6.45) is 1.58. The third-order valence-corrected chi connectivity index (χ3v) is 3.62. The molecule has 0 aliphatic carbocycles. The number of carbonyl (C=O) groups excluding carboxylic acids is 1. The van der Waals surface area contributed by atoms with Crippen molar-refractivity contribution in [2.75, 3.05) is 11.9 Å². The smallest absolute Gasteiger partial charge is 0.277 e. The van der Waals surface area contributed by atoms with Crippen molar-refractivity contribution in [2.24, 2.45) is 5.73 Å². The second-order valence-corrected chi connectivity index (χ2v) is 4.84. The molecule has 2 aromatic rings. The number of hydrogen-bond donors (Lipinski definition) is 2. The van der Waals surface area contributed by atoms with Gasteiger partial charge in [0.25, 0.3) is 5.91 Å². The summed E-state index contributed by atoms with van der Waals surface area (Å²) in [6, 6.07) is 5.65. The quantitative estimate of drug-likeness (QED) is 0.894. The van der Waals surface area contributed by atoms with Crippen LogP contribution in [0.25, 0.3) is 0 Å². The Morgan fingerprint density at radius 1 is 1.53 bits per heavy atom. The van der Waals surface area contributed by atoms with Gasteiger partial charge in [0.15, 0.2) is 5.69 Å². The molecule has 0 radical (unpaired) electrons. The van der Waals surface area contributed by atoms with Gasteiger partial charge in [-0.1, -0.05) is 17.3 Å². The van der Waals surface area contributed by atoms with Crippen LogP contribution in [0.5, 0.6) is 0 Å². The molecule has 0 saturated carbocycles. The fourth-order valence-electron chi connectivity index (χ4n) is 1.57. The van der Waals surface area contributed by atoms with Gasteiger partial charge < -0.3 is 11.1 Å². The van der Waals surface area contributed by atoms with Gasteiger partial charge in [0.05, 0.1) is 18.4 Å². The highest BCUT2D eigenvalue weighted by Gasteiger charge is 2.12. The lowest BCUT2D eigenvalue weighted by atomic mass is 10.2. The monoisotopic (exact) mass is 323 g/mol. The van der Waals surface area contributed by atoms with E-state index in [1.165, 1.54) is 0 Å². The van der Waals surface area contributed by atoms with Crippen molar-refractivity contribution in [3.8, 4) is 0 Å². The molecule has 1 aromatic carbocycles. The Balaban J connectivity index is 2.14. The van der Waals surface area contributed by atoms with E-state index in [9.17, 15) is 4.79 Å². The van der Waals surface area contributed by atoms with Gasteiger partial charge in [-0.15, -0.1) is 5.10 Å². The number of carbonyl (C=O) groups is 1. The standard InChI is InChI=1S/C12H14BrN5O/c1-8-3-2-4-9(11(8)13)15-12(19)10-7-18(6-5-14)17-16-10/h2-4,7H,5-6,14H2,1H3,(H,15,19). The molecule has 0 fully saturated rings. The first kappa shape index (κ1) is 13.7. The van der Waals surface area contributed by atoms with Gasteiger partial charge in [-0.05, 0) is 34.5 Å². The zero-order chi connectivity index (χ0) is 13.8. The summed E-state index contributed by atoms with van der Waals surface area (Å²) in [5, 5.41) is 10.4. The molecule has 100 valence electrons. The molecule has 1 amide bonds. The molecule has 0 bridgehead atoms. The van der Waals surface area contributed by atoms with Crippen LogP contribution in [0.15, 0.2) is 28.9 Å². The molecular weight excluding hydrogens is 310 g/mol. The van der Waals surface area contributed by atoms with E-state index < -0.39 is 0 Å². The van der Waals surface area contributed by atoms with Gasteiger partial charge >= 0.3 is 0 Å². The van der Waals surface area contributed by atoms with Crippen LogP contribution in [-0.4, -0.2) is 27.4 Å². The fourth-order valence-corrected chi connectivity index (χ4v) is 1.94. The maximum atomic E-state index is 12.0. The van der Waals surface area contributed by atoms with Crippen LogP contribution >= 0.6 is 15.9 Å². The van der Waals surface area contributed by atoms with E-state index in [0.29, 0.717) is 18.8 Å². The van der Waals surface area contributed by atoms with E-state index in [2.05, 4.69) is 31.6 Å². The Kier molecular flexibility index (Phi) is 4.28. The van der Waals surface area contributed by atoms with Gasteiger partial charge in [-0.3, -0.25) is 9.48 Å². The van der Waals surface area contributed by atoms with Crippen molar-refractivity contribution >= 4 is 27.5 Å². The molecule has 1 heterocycles. The zero-order valence-electron chi connectivity index (χ0n) is 10.4. The molecule has 2 rings (SSSR count). The minimum atomic E-state index is -0.297. The van der Waals surface area contributed by atoms with Crippen molar-refractivity contribution in [3.05, 3.63) is 40.1 Å². The predicted octanol–water partition coefficient (Wildman–Crippen LogP) is 1.56. The normalized spacial score (nSPS) is 10.5. The first-order valence-corrected chi connectivity index (χ1v) is 6.58. The largest absolute Gasteiger partial charge is 0.329 e. The summed E-state index contributed by atoms with van der Waals surface area (Å²) < 4.78 is 2.40. The van der Waals surface area contributed by atoms with Gasteiger partial charge in [0.1, 0.15) is 0 Å². The van der Waals surface area contributed by atoms with Gasteiger partial charge in [0.2, 0.25) is 0 Å². The van der Waals surface area contributed by atoms with Crippen LogP contribution in [0.4, 0.5) is 5.69 Å². The molecule has 3 N–H and O–H groups in total. The number of aromatic nitrogens is 3. The number of aryl methyl sites for hydroxylation is 1. The highest BCUT2D eigenvalue weighted by Crippen LogP contribution is 2.25. The number of hydrogen-bond acceptors (Lipinski definition) is 4. The number of nitrogens with one attached hydrogen (secondary N) is 1. The van der Waals surface area contributed by atoms with Crippen LogP contribution in [0.3, 0.4) is 0 Å². The van der Waals surface area contributed by atoms with Crippen molar-refractivity contribution in [1.29, 1.82) is 0 Å². The number of nitrogens with zero attached hydrogens (tertiary/aromatic N) is 3. The van der Waals surface area contributed by atoms with E-state index in [1.54, 1.807) is 10.9 Å². The number of benzene rings is 1. The Bertz CT molecular complexity index is 596. The average molecular weight is 324 g/mol. The molecule has 0 unspecified atom stereocenters. The van der Waals surface area contributed by atoms with Crippen molar-refractivity contribution < 1.29 is 4.79 Å². The molecular formula is C12H14BrN5O. The van der Waals surface area contributed by atoms with E-state index in [1.807, 2.05) is 25.1 Å². The van der Waals surface area contributed by atoms with E-state index in [-0.39, 0.29) is 11.6 Å². The lowest BCUT2D eigenvalue weighted by molar-refractivity contribution is 0.102. The Labute approximate surface area is 119 Å². The maximum absolute atomic E-state index is 12.0. The van der Waals surface area contributed by atoms with Crippen LogP contribution in [0, 0.1) is 6.92 Å². The molecule has 0 spiro atoms. The minimum Gasteiger partial charge on any atom is -0.329 e. The number of amides is 1. The molecule has 6 nitrogen and oxygen atoms in total. The number of anilines is 1. The molecule has 0 atom stereocenters. The topological polar surface area (TPSA) is 85.8 Å². The summed E-state index contributed by atoms with van der Waals surface area (Å²) in [5.74, 6) is -0.297. The third-order valence-electron chi connectivity index (χ3n) is 2.57. The molecule has 1 aromatic heterocycles. The molecule has 0 aliphatic rings. The molecule has 19 heavy (non-hydrogen) atoms. The Morgan fingerprint density at radius 2 is 2.32 bits per heavy atom. The lowest BCUT2D eigenvalue weighted by Crippen LogP contribution is -2.13. The first-order valence-electron chi connectivity index (χ1n) is 5.78. The van der Waals surface area contributed by atoms with Crippen molar-refractivity contribution in [2.45, 2.75) is 13.5 Å². The summed E-state index contributed by atoms with van der Waals surface area (Å²) >= 11 is 3.44. The predicted molar refractivity (Wildman–Crippen MR) is 75.9 cm³/mol. The fraction of sp³-hybridized carbons (Fsp3) is 0.250. The Hall–Kier alpha value is -1.73. The lowest BCUT2D eigenvalue weighted by Gasteiger charge is -2.07. The van der Waals surface area contributed by atoms with Gasteiger partial charge in [-0.25, -0.2) is 0 Å². The molecule has 0 aliphatic heterocycles. The van der Waals surface area contributed by atoms with Crippen molar-refractivity contribution in [1.82, 2.24) is 15.0 Å². The summed E-state index contributed by atoms with van der Waals surface area (Å²) in [6.45, 7) is 2.94. The third kappa shape index (κ3) is 3.18. The van der Waals surface area contributed by atoms with Crippen LogP contribution in [0.2, 0.25) is 0 Å². The summed E-state index contributed by atoms with van der Waals surface area (Å²) in [4.78, 5) is 12.0.